The SMILES string of the molecule is COC(=O)c1cc(OC)c(OC)cc1NC(=O)C1CCN(Cc2ccc(Br)cc2)CC1. The van der Waals surface area contributed by atoms with E-state index in [0.717, 1.165) is 36.9 Å². The summed E-state index contributed by atoms with van der Waals surface area (Å²) in [5.41, 5.74) is 1.83. The molecule has 2 aromatic rings. The Kier molecular flexibility index (Phi) is 7.92. The summed E-state index contributed by atoms with van der Waals surface area (Å²) in [6.07, 6.45) is 1.51. The highest BCUT2D eigenvalue weighted by atomic mass is 79.9. The van der Waals surface area contributed by atoms with Gasteiger partial charge in [-0.25, -0.2) is 4.79 Å². The lowest BCUT2D eigenvalue weighted by Gasteiger charge is -2.31. The van der Waals surface area contributed by atoms with Gasteiger partial charge in [0.1, 0.15) is 0 Å². The van der Waals surface area contributed by atoms with Crippen molar-refractivity contribution in [2.75, 3.05) is 39.7 Å². The van der Waals surface area contributed by atoms with Crippen molar-refractivity contribution in [2.24, 2.45) is 5.92 Å². The summed E-state index contributed by atoms with van der Waals surface area (Å²) in [5.74, 6) is 0.0258. The lowest BCUT2D eigenvalue weighted by Crippen LogP contribution is -2.37. The Bertz CT molecular complexity index is 924. The first-order valence-electron chi connectivity index (χ1n) is 10.1. The molecule has 0 spiro atoms. The number of carbonyl (C=O) groups excluding carboxylic acids is 2. The summed E-state index contributed by atoms with van der Waals surface area (Å²) in [7, 11) is 4.29. The molecular formula is C23H27BrN2O5. The van der Waals surface area contributed by atoms with Crippen LogP contribution >= 0.6 is 15.9 Å². The van der Waals surface area contributed by atoms with E-state index in [4.69, 9.17) is 14.2 Å². The largest absolute Gasteiger partial charge is 0.493 e. The van der Waals surface area contributed by atoms with E-state index in [1.54, 1.807) is 6.07 Å². The zero-order valence-electron chi connectivity index (χ0n) is 17.9. The molecule has 1 aliphatic heterocycles. The molecule has 1 heterocycles. The van der Waals surface area contributed by atoms with Gasteiger partial charge in [0.15, 0.2) is 11.5 Å². The molecule has 0 unspecified atom stereocenters. The maximum absolute atomic E-state index is 12.9. The van der Waals surface area contributed by atoms with E-state index in [1.807, 2.05) is 12.1 Å². The third kappa shape index (κ3) is 5.77. The van der Waals surface area contributed by atoms with Crippen molar-refractivity contribution in [3.8, 4) is 11.5 Å². The second-order valence-electron chi connectivity index (χ2n) is 7.41. The first-order valence-corrected chi connectivity index (χ1v) is 10.9. The fourth-order valence-corrected chi connectivity index (χ4v) is 3.96. The molecule has 1 N–H and O–H groups in total. The standard InChI is InChI=1S/C23H27BrN2O5/c1-29-20-12-18(23(28)31-3)19(13-21(20)30-2)25-22(27)16-8-10-26(11-9-16)14-15-4-6-17(24)7-5-15/h4-7,12-13,16H,8-11,14H2,1-3H3,(H,25,27). The molecule has 0 radical (unpaired) electrons. The number of piperidine rings is 1. The Labute approximate surface area is 190 Å². The number of nitrogens with one attached hydrogen (secondary N) is 1. The predicted octanol–water partition coefficient (Wildman–Crippen LogP) is 4.10. The van der Waals surface area contributed by atoms with Gasteiger partial charge < -0.3 is 19.5 Å². The lowest BCUT2D eigenvalue weighted by molar-refractivity contribution is -0.121. The molecule has 7 nitrogen and oxygen atoms in total. The number of anilines is 1. The van der Waals surface area contributed by atoms with E-state index in [2.05, 4.69) is 38.3 Å². The van der Waals surface area contributed by atoms with Crippen molar-refractivity contribution in [2.45, 2.75) is 19.4 Å². The monoisotopic (exact) mass is 490 g/mol. The Morgan fingerprint density at radius 3 is 2.23 bits per heavy atom. The topological polar surface area (TPSA) is 77.1 Å². The fraction of sp³-hybridized carbons (Fsp3) is 0.391. The highest BCUT2D eigenvalue weighted by molar-refractivity contribution is 9.10. The molecule has 1 saturated heterocycles. The molecular weight excluding hydrogens is 464 g/mol. The molecule has 3 rings (SSSR count). The Hall–Kier alpha value is -2.58. The summed E-state index contributed by atoms with van der Waals surface area (Å²) < 4.78 is 16.5. The number of amides is 1. The van der Waals surface area contributed by atoms with E-state index < -0.39 is 5.97 Å². The summed E-state index contributed by atoms with van der Waals surface area (Å²) in [6.45, 7) is 2.54. The average molecular weight is 491 g/mol. The number of hydrogen-bond donors (Lipinski definition) is 1. The van der Waals surface area contributed by atoms with Crippen molar-refractivity contribution in [3.63, 3.8) is 0 Å². The number of hydrogen-bond acceptors (Lipinski definition) is 6. The Morgan fingerprint density at radius 1 is 1.03 bits per heavy atom. The summed E-state index contributed by atoms with van der Waals surface area (Å²) in [5, 5.41) is 2.89. The molecule has 31 heavy (non-hydrogen) atoms. The van der Waals surface area contributed by atoms with Gasteiger partial charge in [0.25, 0.3) is 0 Å². The maximum atomic E-state index is 12.9. The molecule has 1 amide bonds. The minimum absolute atomic E-state index is 0.110. The van der Waals surface area contributed by atoms with Crippen molar-refractivity contribution in [1.82, 2.24) is 4.90 Å². The number of rotatable bonds is 7. The number of likely N-dealkylation sites (tertiary alicyclic amines) is 1. The van der Waals surface area contributed by atoms with Gasteiger partial charge in [0, 0.05) is 29.1 Å². The molecule has 0 aromatic heterocycles. The van der Waals surface area contributed by atoms with Crippen LogP contribution in [0.15, 0.2) is 40.9 Å². The van der Waals surface area contributed by atoms with E-state index in [-0.39, 0.29) is 17.4 Å². The van der Waals surface area contributed by atoms with Gasteiger partial charge in [-0.2, -0.15) is 0 Å². The van der Waals surface area contributed by atoms with E-state index in [1.165, 1.54) is 33.0 Å². The quantitative estimate of drug-likeness (QED) is 0.588. The smallest absolute Gasteiger partial charge is 0.340 e. The predicted molar refractivity (Wildman–Crippen MR) is 122 cm³/mol. The second kappa shape index (κ2) is 10.6. The normalized spacial score (nSPS) is 14.7. The molecule has 0 saturated carbocycles. The van der Waals surface area contributed by atoms with Crippen LogP contribution in [0.25, 0.3) is 0 Å². The van der Waals surface area contributed by atoms with Gasteiger partial charge in [0.2, 0.25) is 5.91 Å². The number of carbonyl (C=O) groups is 2. The van der Waals surface area contributed by atoms with E-state index in [9.17, 15) is 9.59 Å². The van der Waals surface area contributed by atoms with Crippen LogP contribution in [0, 0.1) is 5.92 Å². The van der Waals surface area contributed by atoms with Crippen LogP contribution in [-0.4, -0.2) is 51.2 Å². The maximum Gasteiger partial charge on any atom is 0.340 e. The van der Waals surface area contributed by atoms with Crippen LogP contribution < -0.4 is 14.8 Å². The zero-order chi connectivity index (χ0) is 22.4. The van der Waals surface area contributed by atoms with E-state index >= 15 is 0 Å². The molecule has 0 aliphatic carbocycles. The third-order valence-electron chi connectivity index (χ3n) is 5.46. The number of esters is 1. The number of ether oxygens (including phenoxy) is 3. The molecule has 1 fully saturated rings. The van der Waals surface area contributed by atoms with Crippen molar-refractivity contribution < 1.29 is 23.8 Å². The van der Waals surface area contributed by atoms with Gasteiger partial charge in [-0.05, 0) is 43.6 Å². The number of methoxy groups -OCH3 is 3. The van der Waals surface area contributed by atoms with Gasteiger partial charge in [-0.1, -0.05) is 28.1 Å². The van der Waals surface area contributed by atoms with Crippen molar-refractivity contribution >= 4 is 33.5 Å². The molecule has 0 bridgehead atoms. The average Bonchev–Trinajstić information content (AvgIpc) is 2.80. The lowest BCUT2D eigenvalue weighted by atomic mass is 9.95. The molecule has 166 valence electrons. The first kappa shape index (κ1) is 23.1. The Morgan fingerprint density at radius 2 is 1.65 bits per heavy atom. The van der Waals surface area contributed by atoms with Gasteiger partial charge in [0.05, 0.1) is 32.6 Å². The third-order valence-corrected chi connectivity index (χ3v) is 5.99. The number of nitrogens with zero attached hydrogens (tertiary/aromatic N) is 1. The van der Waals surface area contributed by atoms with Crippen LogP contribution in [0.5, 0.6) is 11.5 Å². The molecule has 2 aromatic carbocycles. The van der Waals surface area contributed by atoms with Gasteiger partial charge in [-0.3, -0.25) is 9.69 Å². The number of benzene rings is 2. The van der Waals surface area contributed by atoms with Crippen LogP contribution in [0.4, 0.5) is 5.69 Å². The minimum atomic E-state index is -0.555. The summed E-state index contributed by atoms with van der Waals surface area (Å²) >= 11 is 3.46. The van der Waals surface area contributed by atoms with Gasteiger partial charge in [-0.15, -0.1) is 0 Å². The first-order chi connectivity index (χ1) is 14.9. The molecule has 1 aliphatic rings. The number of halogens is 1. The summed E-state index contributed by atoms with van der Waals surface area (Å²) in [4.78, 5) is 27.5. The van der Waals surface area contributed by atoms with Crippen LogP contribution in [0.1, 0.15) is 28.8 Å². The van der Waals surface area contributed by atoms with Crippen molar-refractivity contribution in [1.29, 1.82) is 0 Å². The Balaban J connectivity index is 1.65. The van der Waals surface area contributed by atoms with Crippen LogP contribution in [-0.2, 0) is 16.1 Å². The van der Waals surface area contributed by atoms with Gasteiger partial charge >= 0.3 is 5.97 Å². The zero-order valence-corrected chi connectivity index (χ0v) is 19.5. The van der Waals surface area contributed by atoms with Crippen molar-refractivity contribution in [3.05, 3.63) is 52.0 Å². The molecule has 0 atom stereocenters. The highest BCUT2D eigenvalue weighted by Gasteiger charge is 2.27. The minimum Gasteiger partial charge on any atom is -0.493 e. The second-order valence-corrected chi connectivity index (χ2v) is 8.33. The fourth-order valence-electron chi connectivity index (χ4n) is 3.70. The highest BCUT2D eigenvalue weighted by Crippen LogP contribution is 2.34. The van der Waals surface area contributed by atoms with E-state index in [0.29, 0.717) is 17.2 Å². The van der Waals surface area contributed by atoms with Crippen LogP contribution in [0.3, 0.4) is 0 Å². The van der Waals surface area contributed by atoms with Crippen LogP contribution in [0.2, 0.25) is 0 Å². The summed E-state index contributed by atoms with van der Waals surface area (Å²) in [6, 6.07) is 11.4. The molecule has 8 heteroatoms.